The molecule has 44 heavy (non-hydrogen) atoms. The second-order valence-corrected chi connectivity index (χ2v) is 11.1. The predicted molar refractivity (Wildman–Crippen MR) is 168 cm³/mol. The molecule has 0 fully saturated rings. The summed E-state index contributed by atoms with van der Waals surface area (Å²) in [5, 5.41) is 8.09. The number of carbonyl (C=O) groups excluding carboxylic acids is 5. The second kappa shape index (κ2) is 17.6. The van der Waals surface area contributed by atoms with Crippen LogP contribution in [0.3, 0.4) is 0 Å². The molecule has 0 heterocycles. The summed E-state index contributed by atoms with van der Waals surface area (Å²) >= 11 is 5.70. The standard InChI is InChI=1S/C34H38ClN3O6/c1-23(2)20-28(37-31(40)27(36-30(39)22-35)19-18-24-12-6-3-7-13-24)32(41)38-29(21-25-14-8-4-9-15-25)34(43)44-33(42)26-16-10-5-11-17-26/h3-17,23,27-29H,18-22H2,1-2H3,(H,36,39)(H,37,40)(H,38,41)/t27-,28-,29-/m0/s1. The molecule has 0 aliphatic heterocycles. The molecule has 9 nitrogen and oxygen atoms in total. The van der Waals surface area contributed by atoms with E-state index in [-0.39, 0.29) is 36.6 Å². The van der Waals surface area contributed by atoms with Gasteiger partial charge in [0.05, 0.1) is 5.56 Å². The Morgan fingerprint density at radius 3 is 1.77 bits per heavy atom. The molecule has 0 saturated carbocycles. The molecule has 0 aromatic heterocycles. The van der Waals surface area contributed by atoms with E-state index in [0.29, 0.717) is 6.42 Å². The number of benzene rings is 3. The highest BCUT2D eigenvalue weighted by atomic mass is 35.5. The summed E-state index contributed by atoms with van der Waals surface area (Å²) in [4.78, 5) is 65.0. The maximum atomic E-state index is 13.6. The first-order valence-electron chi connectivity index (χ1n) is 14.5. The predicted octanol–water partition coefficient (Wildman–Crippen LogP) is 3.98. The quantitative estimate of drug-likeness (QED) is 0.134. The maximum absolute atomic E-state index is 13.6. The van der Waals surface area contributed by atoms with Gasteiger partial charge in [0, 0.05) is 6.42 Å². The summed E-state index contributed by atoms with van der Waals surface area (Å²) in [7, 11) is 0. The van der Waals surface area contributed by atoms with Crippen molar-refractivity contribution in [2.75, 3.05) is 5.88 Å². The number of alkyl halides is 1. The van der Waals surface area contributed by atoms with Gasteiger partial charge in [0.25, 0.3) is 0 Å². The Balaban J connectivity index is 1.78. The molecule has 0 saturated heterocycles. The van der Waals surface area contributed by atoms with Gasteiger partial charge in [-0.25, -0.2) is 9.59 Å². The molecule has 232 valence electrons. The van der Waals surface area contributed by atoms with Crippen LogP contribution in [0.2, 0.25) is 0 Å². The summed E-state index contributed by atoms with van der Waals surface area (Å²) in [6, 6.07) is 23.3. The number of aryl methyl sites for hydroxylation is 1. The lowest BCUT2D eigenvalue weighted by Gasteiger charge is -2.26. The average molecular weight is 620 g/mol. The van der Waals surface area contributed by atoms with Crippen LogP contribution < -0.4 is 16.0 Å². The van der Waals surface area contributed by atoms with Crippen molar-refractivity contribution < 1.29 is 28.7 Å². The van der Waals surface area contributed by atoms with Crippen LogP contribution in [0.4, 0.5) is 0 Å². The number of halogens is 1. The number of rotatable bonds is 15. The third kappa shape index (κ3) is 11.3. The van der Waals surface area contributed by atoms with Crippen molar-refractivity contribution >= 4 is 41.3 Å². The highest BCUT2D eigenvalue weighted by Gasteiger charge is 2.31. The molecule has 0 aliphatic rings. The van der Waals surface area contributed by atoms with E-state index in [1.165, 1.54) is 12.1 Å². The molecule has 0 unspecified atom stereocenters. The van der Waals surface area contributed by atoms with Crippen molar-refractivity contribution in [3.05, 3.63) is 108 Å². The number of esters is 2. The van der Waals surface area contributed by atoms with Crippen molar-refractivity contribution in [1.82, 2.24) is 16.0 Å². The largest absolute Gasteiger partial charge is 0.388 e. The van der Waals surface area contributed by atoms with E-state index < -0.39 is 47.8 Å². The zero-order chi connectivity index (χ0) is 31.9. The number of amides is 3. The van der Waals surface area contributed by atoms with Gasteiger partial charge in [-0.1, -0.05) is 92.7 Å². The molecule has 0 radical (unpaired) electrons. The first kappa shape index (κ1) is 34.0. The highest BCUT2D eigenvalue weighted by Crippen LogP contribution is 2.12. The van der Waals surface area contributed by atoms with Crippen molar-refractivity contribution in [1.29, 1.82) is 0 Å². The van der Waals surface area contributed by atoms with Crippen LogP contribution in [-0.4, -0.2) is 53.7 Å². The van der Waals surface area contributed by atoms with E-state index in [1.807, 2.05) is 50.2 Å². The molecule has 3 N–H and O–H groups in total. The minimum Gasteiger partial charge on any atom is -0.388 e. The number of hydrogen-bond donors (Lipinski definition) is 3. The van der Waals surface area contributed by atoms with Gasteiger partial charge in [0.15, 0.2) is 0 Å². The minimum atomic E-state index is -1.21. The van der Waals surface area contributed by atoms with E-state index in [2.05, 4.69) is 16.0 Å². The summed E-state index contributed by atoms with van der Waals surface area (Å²) in [5.74, 6) is -3.80. The highest BCUT2D eigenvalue weighted by molar-refractivity contribution is 6.27. The van der Waals surface area contributed by atoms with Gasteiger partial charge >= 0.3 is 11.9 Å². The Labute approximate surface area is 262 Å². The molecule has 3 aromatic rings. The van der Waals surface area contributed by atoms with Crippen molar-refractivity contribution in [2.45, 2.75) is 57.7 Å². The summed E-state index contributed by atoms with van der Waals surface area (Å²) in [6.45, 7) is 3.78. The fourth-order valence-corrected chi connectivity index (χ4v) is 4.62. The average Bonchev–Trinajstić information content (AvgIpc) is 3.03. The van der Waals surface area contributed by atoms with Gasteiger partial charge in [-0.2, -0.15) is 0 Å². The van der Waals surface area contributed by atoms with Gasteiger partial charge in [0.2, 0.25) is 17.7 Å². The minimum absolute atomic E-state index is 0.00886. The molecule has 3 aromatic carbocycles. The molecule has 0 aliphatic carbocycles. The first-order chi connectivity index (χ1) is 21.2. The third-order valence-electron chi connectivity index (χ3n) is 6.76. The first-order valence-corrected chi connectivity index (χ1v) is 15.0. The maximum Gasteiger partial charge on any atom is 0.345 e. The van der Waals surface area contributed by atoms with Crippen LogP contribution in [-0.2, 0) is 36.8 Å². The Morgan fingerprint density at radius 1 is 0.682 bits per heavy atom. The Kier molecular flexibility index (Phi) is 13.6. The monoisotopic (exact) mass is 619 g/mol. The lowest BCUT2D eigenvalue weighted by molar-refractivity contribution is -0.143. The van der Waals surface area contributed by atoms with E-state index in [9.17, 15) is 24.0 Å². The van der Waals surface area contributed by atoms with E-state index >= 15 is 0 Å². The van der Waals surface area contributed by atoms with Crippen molar-refractivity contribution in [2.24, 2.45) is 5.92 Å². The number of hydrogen-bond acceptors (Lipinski definition) is 6. The SMILES string of the molecule is CC(C)C[C@H](NC(=O)[C@H](CCc1ccccc1)NC(=O)CCl)C(=O)N[C@@H](Cc1ccccc1)C(=O)OC(=O)c1ccccc1. The van der Waals surface area contributed by atoms with Gasteiger partial charge in [-0.15, -0.1) is 11.6 Å². The molecule has 0 bridgehead atoms. The molecule has 3 atom stereocenters. The zero-order valence-electron chi connectivity index (χ0n) is 24.8. The van der Waals surface area contributed by atoms with Gasteiger partial charge in [-0.05, 0) is 48.4 Å². The summed E-state index contributed by atoms with van der Waals surface area (Å²) in [6.07, 6.45) is 1.09. The number of carbonyl (C=O) groups is 5. The van der Waals surface area contributed by atoms with E-state index in [4.69, 9.17) is 16.3 Å². The van der Waals surface area contributed by atoms with Crippen LogP contribution in [0, 0.1) is 5.92 Å². The normalized spacial score (nSPS) is 12.8. The fourth-order valence-electron chi connectivity index (χ4n) is 4.54. The molecular weight excluding hydrogens is 582 g/mol. The van der Waals surface area contributed by atoms with Crippen LogP contribution in [0.5, 0.6) is 0 Å². The smallest absolute Gasteiger partial charge is 0.345 e. The van der Waals surface area contributed by atoms with E-state index in [1.54, 1.807) is 42.5 Å². The lowest BCUT2D eigenvalue weighted by atomic mass is 10.00. The van der Waals surface area contributed by atoms with Crippen LogP contribution in [0.1, 0.15) is 48.2 Å². The van der Waals surface area contributed by atoms with Gasteiger partial charge in [0.1, 0.15) is 24.0 Å². The molecular formula is C34H38ClN3O6. The lowest BCUT2D eigenvalue weighted by Crippen LogP contribution is -2.56. The molecule has 3 amide bonds. The molecule has 10 heteroatoms. The Bertz CT molecular complexity index is 1390. The number of nitrogens with one attached hydrogen (secondary N) is 3. The van der Waals surface area contributed by atoms with Crippen LogP contribution >= 0.6 is 11.6 Å². The molecule has 0 spiro atoms. The van der Waals surface area contributed by atoms with Crippen LogP contribution in [0.25, 0.3) is 0 Å². The second-order valence-electron chi connectivity index (χ2n) is 10.8. The number of ether oxygens (including phenoxy) is 1. The Morgan fingerprint density at radius 2 is 1.20 bits per heavy atom. The third-order valence-corrected chi connectivity index (χ3v) is 7.01. The van der Waals surface area contributed by atoms with Crippen LogP contribution in [0.15, 0.2) is 91.0 Å². The fraction of sp³-hybridized carbons (Fsp3) is 0.324. The topological polar surface area (TPSA) is 131 Å². The molecule has 3 rings (SSSR count). The summed E-state index contributed by atoms with van der Waals surface area (Å²) < 4.78 is 5.14. The van der Waals surface area contributed by atoms with E-state index in [0.717, 1.165) is 11.1 Å². The zero-order valence-corrected chi connectivity index (χ0v) is 25.6. The summed E-state index contributed by atoms with van der Waals surface area (Å²) in [5.41, 5.74) is 1.90. The van der Waals surface area contributed by atoms with Gasteiger partial charge < -0.3 is 20.7 Å². The van der Waals surface area contributed by atoms with Crippen molar-refractivity contribution in [3.8, 4) is 0 Å². The Hall–Kier alpha value is -4.50. The van der Waals surface area contributed by atoms with Gasteiger partial charge in [-0.3, -0.25) is 14.4 Å². The van der Waals surface area contributed by atoms with Crippen molar-refractivity contribution in [3.63, 3.8) is 0 Å².